The summed E-state index contributed by atoms with van der Waals surface area (Å²) in [5.41, 5.74) is 2.43. The average Bonchev–Trinajstić information content (AvgIpc) is 2.49. The highest BCUT2D eigenvalue weighted by Gasteiger charge is 2.22. The summed E-state index contributed by atoms with van der Waals surface area (Å²) in [5, 5.41) is 13.3. The van der Waals surface area contributed by atoms with E-state index in [0.29, 0.717) is 6.04 Å². The van der Waals surface area contributed by atoms with E-state index in [9.17, 15) is 5.11 Å². The van der Waals surface area contributed by atoms with E-state index < -0.39 is 0 Å². The largest absolute Gasteiger partial charge is 0.493 e. The zero-order valence-electron chi connectivity index (χ0n) is 13.5. The number of aliphatic hydroxyl groups is 1. The van der Waals surface area contributed by atoms with Gasteiger partial charge in [0, 0.05) is 12.1 Å². The van der Waals surface area contributed by atoms with Crippen LogP contribution in [0.1, 0.15) is 49.8 Å². The molecule has 0 spiro atoms. The number of benzene rings is 1. The highest BCUT2D eigenvalue weighted by Crippen LogP contribution is 2.33. The second-order valence-corrected chi connectivity index (χ2v) is 5.96. The van der Waals surface area contributed by atoms with Crippen LogP contribution in [-0.2, 0) is 0 Å². The summed E-state index contributed by atoms with van der Waals surface area (Å²) in [6.45, 7) is 4.28. The van der Waals surface area contributed by atoms with Gasteiger partial charge < -0.3 is 19.9 Å². The highest BCUT2D eigenvalue weighted by atomic mass is 16.5. The van der Waals surface area contributed by atoms with E-state index in [1.807, 2.05) is 6.07 Å². The van der Waals surface area contributed by atoms with E-state index in [1.54, 1.807) is 14.2 Å². The number of ether oxygens (including phenoxy) is 2. The Kier molecular flexibility index (Phi) is 5.48. The Morgan fingerprint density at radius 1 is 1.10 bits per heavy atom. The predicted molar refractivity (Wildman–Crippen MR) is 84.1 cm³/mol. The molecule has 1 aliphatic rings. The van der Waals surface area contributed by atoms with Gasteiger partial charge in [-0.2, -0.15) is 0 Å². The second-order valence-electron chi connectivity index (χ2n) is 5.96. The van der Waals surface area contributed by atoms with Crippen LogP contribution in [0.2, 0.25) is 0 Å². The van der Waals surface area contributed by atoms with Gasteiger partial charge in [-0.05, 0) is 62.8 Å². The zero-order valence-corrected chi connectivity index (χ0v) is 13.5. The van der Waals surface area contributed by atoms with Crippen molar-refractivity contribution in [3.8, 4) is 11.5 Å². The molecule has 118 valence electrons. The molecule has 1 aliphatic carbocycles. The Morgan fingerprint density at radius 3 is 2.24 bits per heavy atom. The molecular formula is C17H27NO3. The molecule has 4 nitrogen and oxygen atoms in total. The van der Waals surface area contributed by atoms with Gasteiger partial charge in [0.15, 0.2) is 11.5 Å². The molecule has 0 bridgehead atoms. The SMILES string of the molecule is COc1cc(C)c(C(C)NC2CCC(O)CC2)cc1OC. The van der Waals surface area contributed by atoms with Gasteiger partial charge in [0.2, 0.25) is 0 Å². The summed E-state index contributed by atoms with van der Waals surface area (Å²) in [6.07, 6.45) is 3.77. The number of hydrogen-bond donors (Lipinski definition) is 2. The molecule has 1 fully saturated rings. The van der Waals surface area contributed by atoms with Crippen LogP contribution in [0.15, 0.2) is 12.1 Å². The summed E-state index contributed by atoms with van der Waals surface area (Å²) in [4.78, 5) is 0. The maximum Gasteiger partial charge on any atom is 0.161 e. The van der Waals surface area contributed by atoms with Crippen molar-refractivity contribution in [3.05, 3.63) is 23.3 Å². The van der Waals surface area contributed by atoms with Gasteiger partial charge in [0.25, 0.3) is 0 Å². The quantitative estimate of drug-likeness (QED) is 0.876. The van der Waals surface area contributed by atoms with E-state index in [1.165, 1.54) is 11.1 Å². The van der Waals surface area contributed by atoms with Crippen molar-refractivity contribution in [2.75, 3.05) is 14.2 Å². The van der Waals surface area contributed by atoms with E-state index in [0.717, 1.165) is 37.2 Å². The molecule has 1 atom stereocenters. The van der Waals surface area contributed by atoms with Crippen molar-refractivity contribution in [2.45, 2.75) is 57.7 Å². The van der Waals surface area contributed by atoms with Crippen LogP contribution in [0, 0.1) is 6.92 Å². The number of hydrogen-bond acceptors (Lipinski definition) is 4. The molecular weight excluding hydrogens is 266 g/mol. The monoisotopic (exact) mass is 293 g/mol. The van der Waals surface area contributed by atoms with Crippen molar-refractivity contribution >= 4 is 0 Å². The summed E-state index contributed by atoms with van der Waals surface area (Å²) in [7, 11) is 3.32. The maximum absolute atomic E-state index is 9.59. The van der Waals surface area contributed by atoms with Crippen molar-refractivity contribution < 1.29 is 14.6 Å². The molecule has 0 heterocycles. The van der Waals surface area contributed by atoms with Gasteiger partial charge in [-0.3, -0.25) is 0 Å². The molecule has 1 unspecified atom stereocenters. The van der Waals surface area contributed by atoms with Crippen molar-refractivity contribution in [3.63, 3.8) is 0 Å². The molecule has 1 aromatic rings. The summed E-state index contributed by atoms with van der Waals surface area (Å²) in [5.74, 6) is 1.54. The number of nitrogens with one attached hydrogen (secondary N) is 1. The van der Waals surface area contributed by atoms with Crippen LogP contribution < -0.4 is 14.8 Å². The molecule has 1 aromatic carbocycles. The molecule has 0 aliphatic heterocycles. The Labute approximate surface area is 127 Å². The van der Waals surface area contributed by atoms with Crippen LogP contribution >= 0.6 is 0 Å². The second kappa shape index (κ2) is 7.14. The molecule has 2 N–H and O–H groups in total. The lowest BCUT2D eigenvalue weighted by Gasteiger charge is -2.30. The molecule has 0 aromatic heterocycles. The molecule has 4 heteroatoms. The van der Waals surface area contributed by atoms with Crippen molar-refractivity contribution in [2.24, 2.45) is 0 Å². The first-order valence-electron chi connectivity index (χ1n) is 7.71. The third-order valence-electron chi connectivity index (χ3n) is 4.42. The van der Waals surface area contributed by atoms with Gasteiger partial charge in [-0.15, -0.1) is 0 Å². The summed E-state index contributed by atoms with van der Waals surface area (Å²) in [6, 6.07) is 4.82. The maximum atomic E-state index is 9.59. The summed E-state index contributed by atoms with van der Waals surface area (Å²) < 4.78 is 10.7. The third-order valence-corrected chi connectivity index (χ3v) is 4.42. The van der Waals surface area contributed by atoms with Crippen LogP contribution in [0.4, 0.5) is 0 Å². The Morgan fingerprint density at radius 2 is 1.67 bits per heavy atom. The first-order valence-corrected chi connectivity index (χ1v) is 7.71. The molecule has 0 radical (unpaired) electrons. The van der Waals surface area contributed by atoms with Crippen molar-refractivity contribution in [1.82, 2.24) is 5.32 Å². The average molecular weight is 293 g/mol. The minimum absolute atomic E-state index is 0.110. The lowest BCUT2D eigenvalue weighted by atomic mass is 9.91. The third kappa shape index (κ3) is 3.89. The Hall–Kier alpha value is -1.26. The number of aryl methyl sites for hydroxylation is 1. The Balaban J connectivity index is 2.09. The van der Waals surface area contributed by atoms with E-state index in [-0.39, 0.29) is 12.1 Å². The topological polar surface area (TPSA) is 50.7 Å². The highest BCUT2D eigenvalue weighted by molar-refractivity contribution is 5.48. The van der Waals surface area contributed by atoms with Gasteiger partial charge in [-0.25, -0.2) is 0 Å². The molecule has 0 saturated heterocycles. The fraction of sp³-hybridized carbons (Fsp3) is 0.647. The van der Waals surface area contributed by atoms with Crippen molar-refractivity contribution in [1.29, 1.82) is 0 Å². The van der Waals surface area contributed by atoms with Crippen LogP contribution in [0.25, 0.3) is 0 Å². The molecule has 0 amide bonds. The minimum Gasteiger partial charge on any atom is -0.493 e. The lowest BCUT2D eigenvalue weighted by molar-refractivity contribution is 0.114. The Bertz CT molecular complexity index is 467. The fourth-order valence-electron chi connectivity index (χ4n) is 3.15. The van der Waals surface area contributed by atoms with Gasteiger partial charge in [0.1, 0.15) is 0 Å². The van der Waals surface area contributed by atoms with Crippen LogP contribution in [0.5, 0.6) is 11.5 Å². The number of rotatable bonds is 5. The van der Waals surface area contributed by atoms with Gasteiger partial charge in [-0.1, -0.05) is 0 Å². The number of methoxy groups -OCH3 is 2. The smallest absolute Gasteiger partial charge is 0.161 e. The van der Waals surface area contributed by atoms with Gasteiger partial charge >= 0.3 is 0 Å². The first kappa shape index (κ1) is 16.1. The fourth-order valence-corrected chi connectivity index (χ4v) is 3.15. The van der Waals surface area contributed by atoms with Gasteiger partial charge in [0.05, 0.1) is 20.3 Å². The van der Waals surface area contributed by atoms with Crippen LogP contribution in [0.3, 0.4) is 0 Å². The summed E-state index contributed by atoms with van der Waals surface area (Å²) >= 11 is 0. The molecule has 1 saturated carbocycles. The van der Waals surface area contributed by atoms with E-state index in [2.05, 4.69) is 25.2 Å². The van der Waals surface area contributed by atoms with E-state index >= 15 is 0 Å². The normalized spacial score (nSPS) is 23.7. The minimum atomic E-state index is -0.110. The molecule has 2 rings (SSSR count). The van der Waals surface area contributed by atoms with Crippen LogP contribution in [-0.4, -0.2) is 31.5 Å². The number of aliphatic hydroxyl groups excluding tert-OH is 1. The first-order chi connectivity index (χ1) is 10.0. The van der Waals surface area contributed by atoms with E-state index in [4.69, 9.17) is 9.47 Å². The standard InChI is InChI=1S/C17H27NO3/c1-11-9-16(20-3)17(21-4)10-15(11)12(2)18-13-5-7-14(19)8-6-13/h9-10,12-14,18-19H,5-8H2,1-4H3. The lowest BCUT2D eigenvalue weighted by Crippen LogP contribution is -2.36. The zero-order chi connectivity index (χ0) is 15.4. The predicted octanol–water partition coefficient (Wildman–Crippen LogP) is 2.97. The molecule has 21 heavy (non-hydrogen) atoms.